The Labute approximate surface area is 206 Å². The molecule has 5 nitrogen and oxygen atoms in total. The summed E-state index contributed by atoms with van der Waals surface area (Å²) in [5.41, 5.74) is 3.23. The highest BCUT2D eigenvalue weighted by Gasteiger charge is 2.15. The van der Waals surface area contributed by atoms with Crippen molar-refractivity contribution in [3.8, 4) is 0 Å². The number of amides is 1. The van der Waals surface area contributed by atoms with Crippen LogP contribution in [0.5, 0.6) is 0 Å². The Balaban J connectivity index is 1.59. The van der Waals surface area contributed by atoms with Gasteiger partial charge < -0.3 is 9.88 Å². The number of nitrogens with one attached hydrogen (secondary N) is 1. The van der Waals surface area contributed by atoms with Crippen LogP contribution in [0.2, 0.25) is 0 Å². The van der Waals surface area contributed by atoms with Gasteiger partial charge in [-0.2, -0.15) is 0 Å². The Bertz CT molecular complexity index is 1050. The van der Waals surface area contributed by atoms with Crippen molar-refractivity contribution in [3.05, 3.63) is 82.6 Å². The second-order valence-corrected chi connectivity index (χ2v) is 10.3. The summed E-state index contributed by atoms with van der Waals surface area (Å²) in [6, 6.07) is 16.3. The highest BCUT2D eigenvalue weighted by Crippen LogP contribution is 2.28. The summed E-state index contributed by atoms with van der Waals surface area (Å²) in [5, 5.41) is 12.5. The van der Waals surface area contributed by atoms with Crippen molar-refractivity contribution in [1.82, 2.24) is 14.8 Å². The van der Waals surface area contributed by atoms with E-state index in [1.54, 1.807) is 11.8 Å². The van der Waals surface area contributed by atoms with E-state index in [9.17, 15) is 4.79 Å². The normalized spacial score (nSPS) is 11.0. The maximum Gasteiger partial charge on any atom is 0.234 e. The number of aromatic nitrogens is 3. The van der Waals surface area contributed by atoms with Gasteiger partial charge in [0.25, 0.3) is 0 Å². The van der Waals surface area contributed by atoms with Crippen molar-refractivity contribution >= 4 is 51.0 Å². The van der Waals surface area contributed by atoms with Crippen molar-refractivity contribution in [2.75, 3.05) is 11.1 Å². The van der Waals surface area contributed by atoms with E-state index in [2.05, 4.69) is 64.0 Å². The number of allylic oxidation sites excluding steroid dienone is 1. The lowest BCUT2D eigenvalue weighted by Gasteiger charge is -2.14. The SMILES string of the molecule is C=CCn1c(CSCc2ccccc2)nnc1SCC(=O)Nc1ccc(Br)cc1C(C)C. The average molecular weight is 532 g/mol. The Morgan fingerprint density at radius 2 is 1.97 bits per heavy atom. The van der Waals surface area contributed by atoms with E-state index in [-0.39, 0.29) is 11.7 Å². The molecular weight excluding hydrogens is 504 g/mol. The van der Waals surface area contributed by atoms with Gasteiger partial charge in [0.15, 0.2) is 5.16 Å². The first-order valence-electron chi connectivity index (χ1n) is 10.3. The number of rotatable bonds is 11. The zero-order chi connectivity index (χ0) is 22.9. The van der Waals surface area contributed by atoms with E-state index >= 15 is 0 Å². The molecule has 1 amide bonds. The number of halogens is 1. The van der Waals surface area contributed by atoms with E-state index in [0.29, 0.717) is 12.5 Å². The van der Waals surface area contributed by atoms with Crippen molar-refractivity contribution in [2.24, 2.45) is 0 Å². The molecule has 0 aliphatic carbocycles. The summed E-state index contributed by atoms with van der Waals surface area (Å²) in [6.07, 6.45) is 1.83. The lowest BCUT2D eigenvalue weighted by molar-refractivity contribution is -0.113. The molecular formula is C24H27BrN4OS2. The third kappa shape index (κ3) is 6.98. The number of carbonyl (C=O) groups is 1. The maximum atomic E-state index is 12.6. The van der Waals surface area contributed by atoms with E-state index in [0.717, 1.165) is 38.2 Å². The van der Waals surface area contributed by atoms with Gasteiger partial charge in [-0.25, -0.2) is 0 Å². The first-order valence-corrected chi connectivity index (χ1v) is 13.3. The Kier molecular flexibility index (Phi) is 9.44. The smallest absolute Gasteiger partial charge is 0.234 e. The molecule has 2 aromatic carbocycles. The van der Waals surface area contributed by atoms with Gasteiger partial charge in [0.05, 0.1) is 11.5 Å². The summed E-state index contributed by atoms with van der Waals surface area (Å²) in [5.74, 6) is 3.07. The molecule has 0 bridgehead atoms. The third-order valence-corrected chi connectivity index (χ3v) is 7.15. The molecule has 0 saturated carbocycles. The number of hydrogen-bond acceptors (Lipinski definition) is 5. The highest BCUT2D eigenvalue weighted by molar-refractivity contribution is 9.10. The van der Waals surface area contributed by atoms with Gasteiger partial charge in [0, 0.05) is 22.5 Å². The van der Waals surface area contributed by atoms with Crippen LogP contribution in [0.4, 0.5) is 5.69 Å². The van der Waals surface area contributed by atoms with Crippen LogP contribution in [0.25, 0.3) is 0 Å². The summed E-state index contributed by atoms with van der Waals surface area (Å²) in [7, 11) is 0. The van der Waals surface area contributed by atoms with Gasteiger partial charge in [0.1, 0.15) is 5.82 Å². The molecule has 0 fully saturated rings. The highest BCUT2D eigenvalue weighted by atomic mass is 79.9. The fourth-order valence-corrected chi connectivity index (χ4v) is 5.19. The van der Waals surface area contributed by atoms with Crippen LogP contribution in [0.1, 0.15) is 36.7 Å². The standard InChI is InChI=1S/C24H27BrN4OS2/c1-4-12-29-22(15-31-14-18-8-6-5-7-9-18)27-28-24(29)32-16-23(30)26-21-11-10-19(25)13-20(21)17(2)3/h4-11,13,17H,1,12,14-16H2,2-3H3,(H,26,30). The fraction of sp³-hybridized carbons (Fsp3) is 0.292. The molecule has 0 saturated heterocycles. The summed E-state index contributed by atoms with van der Waals surface area (Å²) in [4.78, 5) is 12.6. The number of carbonyl (C=O) groups excluding carboxylic acids is 1. The van der Waals surface area contributed by atoms with Crippen molar-refractivity contribution in [1.29, 1.82) is 0 Å². The van der Waals surface area contributed by atoms with Crippen LogP contribution in [-0.2, 0) is 22.8 Å². The van der Waals surface area contributed by atoms with Crippen molar-refractivity contribution < 1.29 is 4.79 Å². The molecule has 3 rings (SSSR count). The van der Waals surface area contributed by atoms with Gasteiger partial charge in [-0.15, -0.1) is 28.5 Å². The van der Waals surface area contributed by atoms with Gasteiger partial charge in [-0.1, -0.05) is 77.9 Å². The molecule has 0 atom stereocenters. The number of nitrogens with zero attached hydrogens (tertiary/aromatic N) is 3. The molecule has 8 heteroatoms. The fourth-order valence-electron chi connectivity index (χ4n) is 3.12. The predicted molar refractivity (Wildman–Crippen MR) is 139 cm³/mol. The molecule has 3 aromatic rings. The quantitative estimate of drug-likeness (QED) is 0.226. The Morgan fingerprint density at radius 3 is 2.69 bits per heavy atom. The molecule has 32 heavy (non-hydrogen) atoms. The lowest BCUT2D eigenvalue weighted by atomic mass is 10.0. The number of benzene rings is 2. The maximum absolute atomic E-state index is 12.6. The first-order chi connectivity index (χ1) is 15.5. The average Bonchev–Trinajstić information content (AvgIpc) is 3.16. The molecule has 1 N–H and O–H groups in total. The van der Waals surface area contributed by atoms with Crippen LogP contribution in [0, 0.1) is 0 Å². The van der Waals surface area contributed by atoms with Crippen molar-refractivity contribution in [2.45, 2.75) is 43.0 Å². The number of thioether (sulfide) groups is 2. The van der Waals surface area contributed by atoms with E-state index in [1.165, 1.54) is 17.3 Å². The van der Waals surface area contributed by atoms with Crippen LogP contribution < -0.4 is 5.32 Å². The molecule has 0 aliphatic heterocycles. The molecule has 1 heterocycles. The van der Waals surface area contributed by atoms with Gasteiger partial charge in [-0.3, -0.25) is 4.79 Å². The minimum Gasteiger partial charge on any atom is -0.325 e. The number of anilines is 1. The Morgan fingerprint density at radius 1 is 1.19 bits per heavy atom. The van der Waals surface area contributed by atoms with Crippen LogP contribution in [-0.4, -0.2) is 26.4 Å². The Hall–Kier alpha value is -2.03. The second-order valence-electron chi connectivity index (χ2n) is 7.50. The minimum atomic E-state index is -0.0626. The monoisotopic (exact) mass is 530 g/mol. The third-order valence-electron chi connectivity index (χ3n) is 4.69. The lowest BCUT2D eigenvalue weighted by Crippen LogP contribution is -2.16. The molecule has 168 valence electrons. The van der Waals surface area contributed by atoms with Crippen LogP contribution >= 0.6 is 39.5 Å². The van der Waals surface area contributed by atoms with Gasteiger partial charge in [0.2, 0.25) is 5.91 Å². The van der Waals surface area contributed by atoms with Crippen LogP contribution in [0.3, 0.4) is 0 Å². The predicted octanol–water partition coefficient (Wildman–Crippen LogP) is 6.51. The molecule has 0 aliphatic rings. The second kappa shape index (κ2) is 12.3. The van der Waals surface area contributed by atoms with E-state index in [4.69, 9.17) is 0 Å². The zero-order valence-electron chi connectivity index (χ0n) is 18.3. The molecule has 1 aromatic heterocycles. The van der Waals surface area contributed by atoms with Gasteiger partial charge in [-0.05, 0) is 35.2 Å². The topological polar surface area (TPSA) is 59.8 Å². The molecule has 0 radical (unpaired) electrons. The summed E-state index contributed by atoms with van der Waals surface area (Å²) >= 11 is 6.69. The largest absolute Gasteiger partial charge is 0.325 e. The van der Waals surface area contributed by atoms with Crippen molar-refractivity contribution in [3.63, 3.8) is 0 Å². The molecule has 0 spiro atoms. The zero-order valence-corrected chi connectivity index (χ0v) is 21.5. The minimum absolute atomic E-state index is 0.0626. The van der Waals surface area contributed by atoms with E-state index in [1.807, 2.05) is 47.0 Å². The summed E-state index contributed by atoms with van der Waals surface area (Å²) < 4.78 is 3.03. The summed E-state index contributed by atoms with van der Waals surface area (Å²) in [6.45, 7) is 8.69. The van der Waals surface area contributed by atoms with E-state index < -0.39 is 0 Å². The molecule has 0 unspecified atom stereocenters. The van der Waals surface area contributed by atoms with Gasteiger partial charge >= 0.3 is 0 Å². The van der Waals surface area contributed by atoms with Crippen LogP contribution in [0.15, 0.2) is 70.8 Å². The number of hydrogen-bond donors (Lipinski definition) is 1. The first kappa shape index (κ1) is 24.6.